The molecule has 0 spiro atoms. The molecule has 0 aliphatic carbocycles. The zero-order chi connectivity index (χ0) is 23.3. The summed E-state index contributed by atoms with van der Waals surface area (Å²) in [5.74, 6) is -0.924. The van der Waals surface area contributed by atoms with Crippen molar-refractivity contribution in [2.24, 2.45) is 5.92 Å². The van der Waals surface area contributed by atoms with Crippen LogP contribution in [-0.2, 0) is 11.2 Å². The minimum Gasteiger partial charge on any atom is -0.493 e. The highest BCUT2D eigenvalue weighted by Crippen LogP contribution is 2.28. The Labute approximate surface area is 186 Å². The molecule has 1 aliphatic rings. The molecule has 0 atom stereocenters. The standard InChI is InChI=1S/C24H28F2N2O4/c1-27(11-8-16-4-7-21(31-2)22(14-16)32-3)23(29)17-9-12-28(13-10-17)24(30)19-6-5-18(25)15-20(19)26/h4-7,14-15,17H,8-13H2,1-3H3. The molecule has 0 saturated carbocycles. The van der Waals surface area contributed by atoms with Gasteiger partial charge in [0.1, 0.15) is 11.6 Å². The average Bonchev–Trinajstić information content (AvgIpc) is 2.81. The molecule has 2 aromatic rings. The Balaban J connectivity index is 1.52. The molecule has 0 radical (unpaired) electrons. The van der Waals surface area contributed by atoms with Crippen LogP contribution in [0.15, 0.2) is 36.4 Å². The van der Waals surface area contributed by atoms with E-state index >= 15 is 0 Å². The first-order valence-corrected chi connectivity index (χ1v) is 10.5. The molecular formula is C24H28F2N2O4. The lowest BCUT2D eigenvalue weighted by molar-refractivity contribution is -0.135. The first-order valence-electron chi connectivity index (χ1n) is 10.5. The van der Waals surface area contributed by atoms with Crippen molar-refractivity contribution in [3.63, 3.8) is 0 Å². The van der Waals surface area contributed by atoms with Gasteiger partial charge in [-0.05, 0) is 49.1 Å². The molecule has 0 bridgehead atoms. The largest absolute Gasteiger partial charge is 0.493 e. The molecule has 0 aromatic heterocycles. The molecular weight excluding hydrogens is 418 g/mol. The Morgan fingerprint density at radius 3 is 2.34 bits per heavy atom. The molecule has 2 amide bonds. The summed E-state index contributed by atoms with van der Waals surface area (Å²) in [6.07, 6.45) is 1.69. The highest BCUT2D eigenvalue weighted by Gasteiger charge is 2.30. The van der Waals surface area contributed by atoms with Gasteiger partial charge in [0.25, 0.3) is 5.91 Å². The van der Waals surface area contributed by atoms with E-state index in [0.717, 1.165) is 17.7 Å². The van der Waals surface area contributed by atoms with Gasteiger partial charge in [-0.3, -0.25) is 9.59 Å². The predicted octanol–water partition coefficient (Wildman–Crippen LogP) is 3.54. The van der Waals surface area contributed by atoms with Crippen molar-refractivity contribution >= 4 is 11.8 Å². The SMILES string of the molecule is COc1ccc(CCN(C)C(=O)C2CCN(C(=O)c3ccc(F)cc3F)CC2)cc1OC. The normalized spacial score (nSPS) is 14.2. The van der Waals surface area contributed by atoms with Gasteiger partial charge in [-0.2, -0.15) is 0 Å². The summed E-state index contributed by atoms with van der Waals surface area (Å²) >= 11 is 0. The molecule has 0 N–H and O–H groups in total. The molecule has 2 aromatic carbocycles. The van der Waals surface area contributed by atoms with Crippen LogP contribution >= 0.6 is 0 Å². The first kappa shape index (κ1) is 23.5. The number of piperidine rings is 1. The molecule has 6 nitrogen and oxygen atoms in total. The van der Waals surface area contributed by atoms with Crippen LogP contribution < -0.4 is 9.47 Å². The molecule has 3 rings (SSSR count). The van der Waals surface area contributed by atoms with Crippen LogP contribution in [0.2, 0.25) is 0 Å². The third-order valence-corrected chi connectivity index (χ3v) is 5.85. The van der Waals surface area contributed by atoms with Gasteiger partial charge in [-0.1, -0.05) is 6.07 Å². The van der Waals surface area contributed by atoms with Crippen molar-refractivity contribution < 1.29 is 27.8 Å². The summed E-state index contributed by atoms with van der Waals surface area (Å²) in [7, 11) is 4.94. The molecule has 1 fully saturated rings. The number of hydrogen-bond donors (Lipinski definition) is 0. The summed E-state index contributed by atoms with van der Waals surface area (Å²) in [4.78, 5) is 28.6. The molecule has 32 heavy (non-hydrogen) atoms. The summed E-state index contributed by atoms with van der Waals surface area (Å²) in [5, 5.41) is 0. The zero-order valence-electron chi connectivity index (χ0n) is 18.6. The monoisotopic (exact) mass is 446 g/mol. The average molecular weight is 446 g/mol. The quantitative estimate of drug-likeness (QED) is 0.653. The van der Waals surface area contributed by atoms with E-state index in [2.05, 4.69) is 0 Å². The third kappa shape index (κ3) is 5.36. The number of carbonyl (C=O) groups excluding carboxylic acids is 2. The number of benzene rings is 2. The number of likely N-dealkylation sites (N-methyl/N-ethyl adjacent to an activating group) is 1. The summed E-state index contributed by atoms with van der Waals surface area (Å²) in [5.41, 5.74) is 0.882. The molecule has 1 heterocycles. The highest BCUT2D eigenvalue weighted by molar-refractivity contribution is 5.94. The number of halogens is 2. The Bertz CT molecular complexity index is 974. The maximum absolute atomic E-state index is 13.9. The topological polar surface area (TPSA) is 59.1 Å². The van der Waals surface area contributed by atoms with Crippen molar-refractivity contribution in [2.45, 2.75) is 19.3 Å². The number of likely N-dealkylation sites (tertiary alicyclic amines) is 1. The second-order valence-electron chi connectivity index (χ2n) is 7.89. The van der Waals surface area contributed by atoms with E-state index in [1.54, 1.807) is 26.2 Å². The fourth-order valence-electron chi connectivity index (χ4n) is 3.92. The third-order valence-electron chi connectivity index (χ3n) is 5.85. The van der Waals surface area contributed by atoms with E-state index in [9.17, 15) is 18.4 Å². The molecule has 172 valence electrons. The maximum Gasteiger partial charge on any atom is 0.256 e. The van der Waals surface area contributed by atoms with E-state index < -0.39 is 17.5 Å². The maximum atomic E-state index is 13.9. The smallest absolute Gasteiger partial charge is 0.256 e. The van der Waals surface area contributed by atoms with E-state index in [0.29, 0.717) is 56.5 Å². The Morgan fingerprint density at radius 2 is 1.72 bits per heavy atom. The molecule has 0 unspecified atom stereocenters. The summed E-state index contributed by atoms with van der Waals surface area (Å²) in [6.45, 7) is 1.26. The van der Waals surface area contributed by atoms with Crippen LogP contribution in [0, 0.1) is 17.6 Å². The van der Waals surface area contributed by atoms with Gasteiger partial charge in [0.2, 0.25) is 5.91 Å². The predicted molar refractivity (Wildman–Crippen MR) is 116 cm³/mol. The van der Waals surface area contributed by atoms with Crippen molar-refractivity contribution in [2.75, 3.05) is 40.9 Å². The van der Waals surface area contributed by atoms with Gasteiger partial charge in [0.05, 0.1) is 19.8 Å². The van der Waals surface area contributed by atoms with Gasteiger partial charge in [0, 0.05) is 38.7 Å². The first-order chi connectivity index (χ1) is 15.3. The minimum absolute atomic E-state index is 0.0329. The van der Waals surface area contributed by atoms with Crippen molar-refractivity contribution in [1.29, 1.82) is 0 Å². The van der Waals surface area contributed by atoms with E-state index in [4.69, 9.17) is 9.47 Å². The summed E-state index contributed by atoms with van der Waals surface area (Å²) < 4.78 is 37.6. The fourth-order valence-corrected chi connectivity index (χ4v) is 3.92. The summed E-state index contributed by atoms with van der Waals surface area (Å²) in [6, 6.07) is 8.61. The number of nitrogens with zero attached hydrogens (tertiary/aromatic N) is 2. The number of hydrogen-bond acceptors (Lipinski definition) is 4. The number of methoxy groups -OCH3 is 2. The number of amides is 2. The lowest BCUT2D eigenvalue weighted by Crippen LogP contribution is -2.44. The Morgan fingerprint density at radius 1 is 1.03 bits per heavy atom. The van der Waals surface area contributed by atoms with E-state index in [-0.39, 0.29) is 17.4 Å². The second kappa shape index (κ2) is 10.4. The van der Waals surface area contributed by atoms with Gasteiger partial charge in [-0.25, -0.2) is 8.78 Å². The van der Waals surface area contributed by atoms with E-state index in [1.165, 1.54) is 4.90 Å². The number of rotatable bonds is 7. The molecule has 8 heteroatoms. The minimum atomic E-state index is -0.872. The van der Waals surface area contributed by atoms with Crippen molar-refractivity contribution in [3.8, 4) is 11.5 Å². The van der Waals surface area contributed by atoms with E-state index in [1.807, 2.05) is 18.2 Å². The Hall–Kier alpha value is -3.16. The number of ether oxygens (including phenoxy) is 2. The van der Waals surface area contributed by atoms with Crippen LogP contribution in [0.1, 0.15) is 28.8 Å². The molecule has 1 saturated heterocycles. The lowest BCUT2D eigenvalue weighted by Gasteiger charge is -2.33. The van der Waals surface area contributed by atoms with Gasteiger partial charge in [0.15, 0.2) is 11.5 Å². The van der Waals surface area contributed by atoms with Crippen LogP contribution in [0.5, 0.6) is 11.5 Å². The van der Waals surface area contributed by atoms with Crippen molar-refractivity contribution in [3.05, 3.63) is 59.2 Å². The van der Waals surface area contributed by atoms with Crippen LogP contribution in [0.4, 0.5) is 8.78 Å². The zero-order valence-corrected chi connectivity index (χ0v) is 18.6. The van der Waals surface area contributed by atoms with Crippen LogP contribution in [-0.4, -0.2) is 62.5 Å². The van der Waals surface area contributed by atoms with Gasteiger partial charge < -0.3 is 19.3 Å². The van der Waals surface area contributed by atoms with Crippen molar-refractivity contribution in [1.82, 2.24) is 9.80 Å². The Kier molecular flexibility index (Phi) is 7.66. The number of carbonyl (C=O) groups is 2. The van der Waals surface area contributed by atoms with Gasteiger partial charge in [-0.15, -0.1) is 0 Å². The van der Waals surface area contributed by atoms with Gasteiger partial charge >= 0.3 is 0 Å². The van der Waals surface area contributed by atoms with Crippen LogP contribution in [0.25, 0.3) is 0 Å². The molecule has 1 aliphatic heterocycles. The lowest BCUT2D eigenvalue weighted by atomic mass is 9.94. The second-order valence-corrected chi connectivity index (χ2v) is 7.89. The highest BCUT2D eigenvalue weighted by atomic mass is 19.1. The van der Waals surface area contributed by atoms with Crippen LogP contribution in [0.3, 0.4) is 0 Å². The fraction of sp³-hybridized carbons (Fsp3) is 0.417.